The zero-order chi connectivity index (χ0) is 14.5. The van der Waals surface area contributed by atoms with Crippen molar-refractivity contribution in [1.29, 1.82) is 0 Å². The first-order valence-electron chi connectivity index (χ1n) is 6.55. The van der Waals surface area contributed by atoms with E-state index < -0.39 is 0 Å². The van der Waals surface area contributed by atoms with Gasteiger partial charge in [-0.3, -0.25) is 0 Å². The molecular formula is C15H24N2O2. The van der Waals surface area contributed by atoms with Crippen LogP contribution in [-0.2, 0) is 0 Å². The highest BCUT2D eigenvalue weighted by atomic mass is 16.5. The Kier molecular flexibility index (Phi) is 5.21. The van der Waals surface area contributed by atoms with Gasteiger partial charge in [0.05, 0.1) is 6.61 Å². The van der Waals surface area contributed by atoms with Crippen molar-refractivity contribution in [2.45, 2.75) is 40.5 Å². The molecule has 19 heavy (non-hydrogen) atoms. The predicted molar refractivity (Wildman–Crippen MR) is 77.8 cm³/mol. The molecule has 0 aliphatic heterocycles. The van der Waals surface area contributed by atoms with Gasteiger partial charge >= 0.3 is 0 Å². The van der Waals surface area contributed by atoms with Gasteiger partial charge in [0, 0.05) is 5.41 Å². The van der Waals surface area contributed by atoms with E-state index in [-0.39, 0.29) is 11.3 Å². The van der Waals surface area contributed by atoms with Crippen LogP contribution in [0.5, 0.6) is 5.75 Å². The van der Waals surface area contributed by atoms with Crippen molar-refractivity contribution in [3.05, 3.63) is 29.3 Å². The van der Waals surface area contributed by atoms with Gasteiger partial charge in [-0.2, -0.15) is 0 Å². The molecule has 0 aromatic heterocycles. The molecule has 1 rings (SSSR count). The number of hydrogen-bond acceptors (Lipinski definition) is 3. The molecule has 0 heterocycles. The molecule has 0 amide bonds. The summed E-state index contributed by atoms with van der Waals surface area (Å²) in [4.78, 5) is 0. The summed E-state index contributed by atoms with van der Waals surface area (Å²) in [5, 5.41) is 11.8. The monoisotopic (exact) mass is 264 g/mol. The van der Waals surface area contributed by atoms with Crippen molar-refractivity contribution in [1.82, 2.24) is 0 Å². The molecule has 0 aliphatic carbocycles. The van der Waals surface area contributed by atoms with Crippen LogP contribution in [0.15, 0.2) is 23.4 Å². The molecule has 0 unspecified atom stereocenters. The number of nitrogens with two attached hydrogens (primary N) is 1. The number of ether oxygens (including phenoxy) is 1. The normalized spacial score (nSPS) is 12.5. The van der Waals surface area contributed by atoms with Crippen molar-refractivity contribution in [3.8, 4) is 5.75 Å². The largest absolute Gasteiger partial charge is 0.493 e. The maximum atomic E-state index is 8.70. The first kappa shape index (κ1) is 15.3. The minimum absolute atomic E-state index is 0.263. The SMILES string of the molecule is Cc1cccc(OCCCC(C)(C)C(N)=NO)c1C. The molecule has 4 nitrogen and oxygen atoms in total. The number of benzene rings is 1. The average molecular weight is 264 g/mol. The highest BCUT2D eigenvalue weighted by Gasteiger charge is 2.22. The minimum Gasteiger partial charge on any atom is -0.493 e. The van der Waals surface area contributed by atoms with Crippen molar-refractivity contribution in [2.75, 3.05) is 6.61 Å². The van der Waals surface area contributed by atoms with Gasteiger partial charge < -0.3 is 15.7 Å². The van der Waals surface area contributed by atoms with E-state index in [1.54, 1.807) is 0 Å². The fourth-order valence-corrected chi connectivity index (χ4v) is 1.84. The second-order valence-electron chi connectivity index (χ2n) is 5.52. The summed E-state index contributed by atoms with van der Waals surface area (Å²) >= 11 is 0. The Hall–Kier alpha value is -1.71. The molecule has 0 saturated heterocycles. The maximum Gasteiger partial charge on any atom is 0.144 e. The van der Waals surface area contributed by atoms with E-state index in [2.05, 4.69) is 25.1 Å². The molecule has 4 heteroatoms. The average Bonchev–Trinajstić information content (AvgIpc) is 2.38. The highest BCUT2D eigenvalue weighted by molar-refractivity contribution is 5.85. The molecule has 1 aromatic carbocycles. The van der Waals surface area contributed by atoms with E-state index >= 15 is 0 Å². The second kappa shape index (κ2) is 6.45. The van der Waals surface area contributed by atoms with Crippen molar-refractivity contribution < 1.29 is 9.94 Å². The number of oxime groups is 1. The number of rotatable bonds is 6. The van der Waals surface area contributed by atoms with E-state index in [1.165, 1.54) is 11.1 Å². The Morgan fingerprint density at radius 2 is 2.05 bits per heavy atom. The summed E-state index contributed by atoms with van der Waals surface area (Å²) in [5.41, 5.74) is 7.75. The maximum absolute atomic E-state index is 8.70. The minimum atomic E-state index is -0.306. The quantitative estimate of drug-likeness (QED) is 0.272. The van der Waals surface area contributed by atoms with Gasteiger partial charge in [-0.15, -0.1) is 0 Å². The third kappa shape index (κ3) is 4.16. The third-order valence-electron chi connectivity index (χ3n) is 3.56. The molecule has 0 atom stereocenters. The number of nitrogens with zero attached hydrogens (tertiary/aromatic N) is 1. The number of aryl methyl sites for hydroxylation is 1. The van der Waals surface area contributed by atoms with Crippen LogP contribution in [0, 0.1) is 19.3 Å². The standard InChI is InChI=1S/C15H24N2O2/c1-11-7-5-8-13(12(11)2)19-10-6-9-15(3,4)14(16)17-18/h5,7-8,18H,6,9-10H2,1-4H3,(H2,16,17). The van der Waals surface area contributed by atoms with Crippen molar-refractivity contribution in [3.63, 3.8) is 0 Å². The van der Waals surface area contributed by atoms with Gasteiger partial charge in [-0.25, -0.2) is 0 Å². The first-order valence-corrected chi connectivity index (χ1v) is 6.55. The topological polar surface area (TPSA) is 67.8 Å². The van der Waals surface area contributed by atoms with Crippen molar-refractivity contribution in [2.24, 2.45) is 16.3 Å². The van der Waals surface area contributed by atoms with E-state index in [0.717, 1.165) is 18.6 Å². The van der Waals surface area contributed by atoms with E-state index in [0.29, 0.717) is 6.61 Å². The van der Waals surface area contributed by atoms with Crippen LogP contribution in [0.4, 0.5) is 0 Å². The Morgan fingerprint density at radius 1 is 1.37 bits per heavy atom. The summed E-state index contributed by atoms with van der Waals surface area (Å²) in [6.07, 6.45) is 1.67. The van der Waals surface area contributed by atoms with Gasteiger partial charge in [0.1, 0.15) is 11.6 Å². The van der Waals surface area contributed by atoms with Crippen LogP contribution in [0.25, 0.3) is 0 Å². The van der Waals surface area contributed by atoms with Crippen LogP contribution in [-0.4, -0.2) is 17.6 Å². The summed E-state index contributed by atoms with van der Waals surface area (Å²) < 4.78 is 5.78. The summed E-state index contributed by atoms with van der Waals surface area (Å²) in [5.74, 6) is 1.20. The zero-order valence-corrected chi connectivity index (χ0v) is 12.2. The van der Waals surface area contributed by atoms with Gasteiger partial charge in [0.25, 0.3) is 0 Å². The summed E-state index contributed by atoms with van der Waals surface area (Å²) in [6.45, 7) is 8.68. The second-order valence-corrected chi connectivity index (χ2v) is 5.52. The number of amidine groups is 1. The zero-order valence-electron chi connectivity index (χ0n) is 12.2. The number of hydrogen-bond donors (Lipinski definition) is 2. The highest BCUT2D eigenvalue weighted by Crippen LogP contribution is 2.24. The molecule has 0 aliphatic rings. The smallest absolute Gasteiger partial charge is 0.144 e. The molecule has 0 bridgehead atoms. The van der Waals surface area contributed by atoms with Gasteiger partial charge in [-0.05, 0) is 43.9 Å². The molecule has 3 N–H and O–H groups in total. The molecule has 0 fully saturated rings. The molecular weight excluding hydrogens is 240 g/mol. The molecule has 1 aromatic rings. The van der Waals surface area contributed by atoms with Gasteiger partial charge in [-0.1, -0.05) is 31.1 Å². The fraction of sp³-hybridized carbons (Fsp3) is 0.533. The van der Waals surface area contributed by atoms with E-state index in [1.807, 2.05) is 26.0 Å². The Labute approximate surface area is 115 Å². The van der Waals surface area contributed by atoms with Gasteiger partial charge in [0.15, 0.2) is 0 Å². The molecule has 106 valence electrons. The lowest BCUT2D eigenvalue weighted by atomic mass is 9.87. The fourth-order valence-electron chi connectivity index (χ4n) is 1.84. The van der Waals surface area contributed by atoms with Crippen molar-refractivity contribution >= 4 is 5.84 Å². The van der Waals surface area contributed by atoms with Gasteiger partial charge in [0.2, 0.25) is 0 Å². The van der Waals surface area contributed by atoms with Crippen LogP contribution in [0.3, 0.4) is 0 Å². The lowest BCUT2D eigenvalue weighted by Gasteiger charge is -2.22. The first-order chi connectivity index (χ1) is 8.88. The lowest BCUT2D eigenvalue weighted by molar-refractivity contribution is 0.276. The molecule has 0 saturated carbocycles. The van der Waals surface area contributed by atoms with E-state index in [9.17, 15) is 0 Å². The summed E-state index contributed by atoms with van der Waals surface area (Å²) in [7, 11) is 0. The lowest BCUT2D eigenvalue weighted by Crippen LogP contribution is -2.32. The molecule has 0 spiro atoms. The predicted octanol–water partition coefficient (Wildman–Crippen LogP) is 3.24. The van der Waals surface area contributed by atoms with E-state index in [4.69, 9.17) is 15.7 Å². The molecule has 0 radical (unpaired) electrons. The van der Waals surface area contributed by atoms with Crippen LogP contribution < -0.4 is 10.5 Å². The van der Waals surface area contributed by atoms with Crippen LogP contribution in [0.1, 0.15) is 37.8 Å². The Balaban J connectivity index is 2.46. The Bertz CT molecular complexity index is 453. The summed E-state index contributed by atoms with van der Waals surface area (Å²) in [6, 6.07) is 6.05. The Morgan fingerprint density at radius 3 is 2.68 bits per heavy atom. The van der Waals surface area contributed by atoms with Crippen LogP contribution >= 0.6 is 0 Å². The van der Waals surface area contributed by atoms with Crippen LogP contribution in [0.2, 0.25) is 0 Å². The third-order valence-corrected chi connectivity index (χ3v) is 3.56.